The predicted octanol–water partition coefficient (Wildman–Crippen LogP) is 1.84. The van der Waals surface area contributed by atoms with Crippen molar-refractivity contribution in [2.24, 2.45) is 0 Å². The minimum Gasteiger partial charge on any atom is -0.481 e. The van der Waals surface area contributed by atoms with Gasteiger partial charge < -0.3 is 10.4 Å². The Hall–Kier alpha value is -1.85. The number of carboxylic acids is 1. The minimum absolute atomic E-state index is 0.0490. The second-order valence-corrected chi connectivity index (χ2v) is 4.85. The zero-order chi connectivity index (χ0) is 15.1. The van der Waals surface area contributed by atoms with Crippen molar-refractivity contribution in [3.05, 3.63) is 17.5 Å². The fourth-order valence-electron chi connectivity index (χ4n) is 2.00. The predicted molar refractivity (Wildman–Crippen MR) is 75.7 cm³/mol. The maximum atomic E-state index is 12.2. The van der Waals surface area contributed by atoms with Crippen LogP contribution in [0.3, 0.4) is 0 Å². The highest BCUT2D eigenvalue weighted by molar-refractivity contribution is 5.92. The molecule has 1 heterocycles. The molecule has 0 spiro atoms. The molecule has 0 fully saturated rings. The molecule has 1 aromatic rings. The van der Waals surface area contributed by atoms with Crippen molar-refractivity contribution in [2.45, 2.75) is 59.0 Å². The van der Waals surface area contributed by atoms with Gasteiger partial charge in [0.25, 0.3) is 5.91 Å². The molecule has 0 aromatic carbocycles. The van der Waals surface area contributed by atoms with Crippen LogP contribution in [0.2, 0.25) is 0 Å². The van der Waals surface area contributed by atoms with Gasteiger partial charge in [-0.1, -0.05) is 6.92 Å². The molecule has 0 aliphatic carbocycles. The maximum Gasteiger partial charge on any atom is 0.303 e. The lowest BCUT2D eigenvalue weighted by Gasteiger charge is -2.13. The van der Waals surface area contributed by atoms with E-state index in [0.29, 0.717) is 25.1 Å². The fraction of sp³-hybridized carbons (Fsp3) is 0.643. The largest absolute Gasteiger partial charge is 0.481 e. The van der Waals surface area contributed by atoms with Crippen molar-refractivity contribution >= 4 is 11.9 Å². The van der Waals surface area contributed by atoms with E-state index in [4.69, 9.17) is 5.11 Å². The van der Waals surface area contributed by atoms with Gasteiger partial charge in [-0.15, -0.1) is 0 Å². The average molecular weight is 281 g/mol. The molecule has 112 valence electrons. The van der Waals surface area contributed by atoms with Crippen LogP contribution in [0.1, 0.15) is 56.2 Å². The molecule has 2 N–H and O–H groups in total. The fourth-order valence-corrected chi connectivity index (χ4v) is 2.00. The van der Waals surface area contributed by atoms with E-state index in [1.807, 2.05) is 26.8 Å². The van der Waals surface area contributed by atoms with Crippen molar-refractivity contribution in [1.29, 1.82) is 0 Å². The summed E-state index contributed by atoms with van der Waals surface area (Å²) in [5.74, 6) is -0.956. The number of nitrogens with zero attached hydrogens (tertiary/aromatic N) is 2. The molecule has 20 heavy (non-hydrogen) atoms. The van der Waals surface area contributed by atoms with Gasteiger partial charge >= 0.3 is 5.97 Å². The zero-order valence-corrected chi connectivity index (χ0v) is 12.3. The Morgan fingerprint density at radius 3 is 2.70 bits per heavy atom. The van der Waals surface area contributed by atoms with Gasteiger partial charge in [-0.25, -0.2) is 0 Å². The molecular formula is C14H23N3O3. The van der Waals surface area contributed by atoms with Crippen LogP contribution in [-0.2, 0) is 17.8 Å². The van der Waals surface area contributed by atoms with Gasteiger partial charge in [-0.05, 0) is 39.2 Å². The molecule has 0 radical (unpaired) electrons. The van der Waals surface area contributed by atoms with E-state index >= 15 is 0 Å². The number of aliphatic carboxylic acids is 1. The van der Waals surface area contributed by atoms with Gasteiger partial charge in [-0.3, -0.25) is 14.3 Å². The van der Waals surface area contributed by atoms with E-state index in [0.717, 1.165) is 12.1 Å². The highest BCUT2D eigenvalue weighted by Gasteiger charge is 2.16. The Balaban J connectivity index is 2.57. The first-order chi connectivity index (χ1) is 9.47. The first-order valence-electron chi connectivity index (χ1n) is 7.07. The lowest BCUT2D eigenvalue weighted by molar-refractivity contribution is -0.137. The van der Waals surface area contributed by atoms with Gasteiger partial charge in [0.05, 0.1) is 5.69 Å². The van der Waals surface area contributed by atoms with E-state index in [1.54, 1.807) is 4.68 Å². The van der Waals surface area contributed by atoms with Crippen LogP contribution < -0.4 is 5.32 Å². The summed E-state index contributed by atoms with van der Waals surface area (Å²) in [5.41, 5.74) is 1.46. The number of carboxylic acid groups (broad SMARTS) is 1. The minimum atomic E-state index is -0.805. The van der Waals surface area contributed by atoms with Crippen molar-refractivity contribution in [3.8, 4) is 0 Å². The quantitative estimate of drug-likeness (QED) is 0.761. The van der Waals surface area contributed by atoms with Crippen LogP contribution in [0.5, 0.6) is 0 Å². The Morgan fingerprint density at radius 2 is 2.15 bits per heavy atom. The monoisotopic (exact) mass is 281 g/mol. The molecular weight excluding hydrogens is 258 g/mol. The summed E-state index contributed by atoms with van der Waals surface area (Å²) in [5, 5.41) is 15.8. The lowest BCUT2D eigenvalue weighted by Crippen LogP contribution is -2.34. The number of aryl methyl sites for hydroxylation is 2. The van der Waals surface area contributed by atoms with Crippen molar-refractivity contribution < 1.29 is 14.7 Å². The molecule has 6 heteroatoms. The third kappa shape index (κ3) is 4.68. The van der Waals surface area contributed by atoms with Crippen molar-refractivity contribution in [1.82, 2.24) is 15.1 Å². The first-order valence-corrected chi connectivity index (χ1v) is 7.07. The number of carbonyl (C=O) groups excluding carboxylic acids is 1. The summed E-state index contributed by atoms with van der Waals surface area (Å²) in [6.07, 6.45) is 2.14. The molecule has 6 nitrogen and oxygen atoms in total. The summed E-state index contributed by atoms with van der Waals surface area (Å²) in [4.78, 5) is 22.6. The van der Waals surface area contributed by atoms with Crippen LogP contribution in [0.25, 0.3) is 0 Å². The maximum absolute atomic E-state index is 12.2. The Bertz CT molecular complexity index is 468. The highest BCUT2D eigenvalue weighted by Crippen LogP contribution is 2.07. The van der Waals surface area contributed by atoms with E-state index in [-0.39, 0.29) is 18.4 Å². The molecule has 0 saturated heterocycles. The summed E-state index contributed by atoms with van der Waals surface area (Å²) >= 11 is 0. The Labute approximate surface area is 119 Å². The number of rotatable bonds is 8. The van der Waals surface area contributed by atoms with E-state index in [1.165, 1.54) is 0 Å². The van der Waals surface area contributed by atoms with Gasteiger partial charge in [0.1, 0.15) is 5.69 Å². The molecule has 1 unspecified atom stereocenters. The Kier molecular flexibility index (Phi) is 6.21. The SMILES string of the molecule is CCc1cc(C(=O)NC(C)CCCC(=O)O)n(CC)n1. The van der Waals surface area contributed by atoms with Crippen LogP contribution >= 0.6 is 0 Å². The van der Waals surface area contributed by atoms with E-state index in [2.05, 4.69) is 10.4 Å². The first kappa shape index (κ1) is 16.2. The normalized spacial score (nSPS) is 12.2. The van der Waals surface area contributed by atoms with Crippen molar-refractivity contribution in [2.75, 3.05) is 0 Å². The molecule has 0 saturated carbocycles. The second kappa shape index (κ2) is 7.67. The average Bonchev–Trinajstić information content (AvgIpc) is 2.81. The highest BCUT2D eigenvalue weighted by atomic mass is 16.4. The Morgan fingerprint density at radius 1 is 1.45 bits per heavy atom. The molecule has 1 amide bonds. The summed E-state index contributed by atoms with van der Waals surface area (Å²) in [7, 11) is 0. The number of aromatic nitrogens is 2. The lowest BCUT2D eigenvalue weighted by atomic mass is 10.1. The number of amides is 1. The van der Waals surface area contributed by atoms with E-state index < -0.39 is 5.97 Å². The number of hydrogen-bond acceptors (Lipinski definition) is 3. The van der Waals surface area contributed by atoms with E-state index in [9.17, 15) is 9.59 Å². The van der Waals surface area contributed by atoms with Crippen LogP contribution in [0.4, 0.5) is 0 Å². The van der Waals surface area contributed by atoms with Gasteiger partial charge in [0, 0.05) is 19.0 Å². The molecule has 1 rings (SSSR count). The van der Waals surface area contributed by atoms with Crippen LogP contribution in [0, 0.1) is 0 Å². The van der Waals surface area contributed by atoms with Gasteiger partial charge in [-0.2, -0.15) is 5.10 Å². The number of hydrogen-bond donors (Lipinski definition) is 2. The summed E-state index contributed by atoms with van der Waals surface area (Å²) in [6.45, 7) is 6.47. The van der Waals surface area contributed by atoms with Crippen molar-refractivity contribution in [3.63, 3.8) is 0 Å². The zero-order valence-electron chi connectivity index (χ0n) is 12.3. The number of nitrogens with one attached hydrogen (secondary N) is 1. The van der Waals surface area contributed by atoms with Crippen LogP contribution in [-0.4, -0.2) is 32.8 Å². The number of carbonyl (C=O) groups is 2. The standard InChI is InChI=1S/C14H23N3O3/c1-4-11-9-12(17(5-2)16-11)14(20)15-10(3)7-6-8-13(18)19/h9-10H,4-8H2,1-3H3,(H,15,20)(H,18,19). The van der Waals surface area contributed by atoms with Crippen LogP contribution in [0.15, 0.2) is 6.07 Å². The molecule has 1 atom stereocenters. The molecule has 1 aromatic heterocycles. The topological polar surface area (TPSA) is 84.2 Å². The third-order valence-electron chi connectivity index (χ3n) is 3.13. The summed E-state index contributed by atoms with van der Waals surface area (Å²) in [6, 6.07) is 1.76. The smallest absolute Gasteiger partial charge is 0.303 e. The second-order valence-electron chi connectivity index (χ2n) is 4.85. The molecule has 0 aliphatic heterocycles. The summed E-state index contributed by atoms with van der Waals surface area (Å²) < 4.78 is 1.69. The molecule has 0 bridgehead atoms. The van der Waals surface area contributed by atoms with Gasteiger partial charge in [0.15, 0.2) is 0 Å². The molecule has 0 aliphatic rings. The third-order valence-corrected chi connectivity index (χ3v) is 3.13. The van der Waals surface area contributed by atoms with Gasteiger partial charge in [0.2, 0.25) is 0 Å².